The summed E-state index contributed by atoms with van der Waals surface area (Å²) in [5.74, 6) is 0.0544. The van der Waals surface area contributed by atoms with Gasteiger partial charge in [0.25, 0.3) is 0 Å². The van der Waals surface area contributed by atoms with Gasteiger partial charge in [-0.05, 0) is 25.0 Å². The third kappa shape index (κ3) is 3.18. The Bertz CT molecular complexity index is 289. The van der Waals surface area contributed by atoms with Crippen molar-refractivity contribution in [1.29, 1.82) is 0 Å². The molecule has 0 aromatic rings. The Labute approximate surface area is 64.6 Å². The maximum atomic E-state index is 11.8. The zero-order valence-corrected chi connectivity index (χ0v) is 6.47. The minimum atomic E-state index is -4.84. The molecule has 0 aliphatic heterocycles. The van der Waals surface area contributed by atoms with Crippen molar-refractivity contribution in [1.82, 2.24) is 0 Å². The van der Waals surface area contributed by atoms with E-state index in [0.717, 1.165) is 6.42 Å². The Morgan fingerprint density at radius 2 is 2.18 bits per heavy atom. The molecule has 0 heterocycles. The first-order chi connectivity index (χ1) is 5.08. The van der Waals surface area contributed by atoms with Crippen molar-refractivity contribution in [3.63, 3.8) is 0 Å². The second-order valence-electron chi connectivity index (χ2n) is 2.06. The highest BCUT2D eigenvalue weighted by Gasteiger charge is 2.10. The van der Waals surface area contributed by atoms with Crippen molar-refractivity contribution in [3.8, 4) is 0 Å². The van der Waals surface area contributed by atoms with E-state index < -0.39 is 10.5 Å². The van der Waals surface area contributed by atoms with Gasteiger partial charge in [0.05, 0.1) is 0 Å². The van der Waals surface area contributed by atoms with Gasteiger partial charge >= 0.3 is 10.5 Å². The van der Waals surface area contributed by atoms with Crippen LogP contribution in [-0.2, 0) is 14.7 Å². The maximum Gasteiger partial charge on any atom is 0.488 e. The molecule has 0 radical (unpaired) electrons. The summed E-state index contributed by atoms with van der Waals surface area (Å²) < 4.78 is 35.7. The van der Waals surface area contributed by atoms with Gasteiger partial charge < -0.3 is 4.18 Å². The van der Waals surface area contributed by atoms with Gasteiger partial charge in [0.15, 0.2) is 0 Å². The van der Waals surface area contributed by atoms with E-state index >= 15 is 0 Å². The molecule has 0 fully saturated rings. The summed E-state index contributed by atoms with van der Waals surface area (Å²) in [5, 5.41) is 0. The van der Waals surface area contributed by atoms with Crippen LogP contribution in [0, 0.1) is 0 Å². The summed E-state index contributed by atoms with van der Waals surface area (Å²) in [6.45, 7) is 0. The fraction of sp³-hybridized carbons (Fsp3) is 0.333. The molecule has 62 valence electrons. The molecule has 11 heavy (non-hydrogen) atoms. The van der Waals surface area contributed by atoms with Crippen LogP contribution in [0.25, 0.3) is 0 Å². The fourth-order valence-electron chi connectivity index (χ4n) is 0.766. The lowest BCUT2D eigenvalue weighted by molar-refractivity contribution is 0.379. The van der Waals surface area contributed by atoms with Crippen LogP contribution >= 0.6 is 0 Å². The molecule has 0 atom stereocenters. The van der Waals surface area contributed by atoms with E-state index in [0.29, 0.717) is 6.42 Å². The summed E-state index contributed by atoms with van der Waals surface area (Å²) in [6, 6.07) is 0. The molecular formula is C6H7FO3S. The van der Waals surface area contributed by atoms with Crippen LogP contribution < -0.4 is 0 Å². The Hall–Kier alpha value is -0.840. The summed E-state index contributed by atoms with van der Waals surface area (Å²) in [7, 11) is -4.84. The van der Waals surface area contributed by atoms with Gasteiger partial charge in [0.2, 0.25) is 0 Å². The van der Waals surface area contributed by atoms with E-state index in [1.807, 2.05) is 0 Å². The van der Waals surface area contributed by atoms with Crippen LogP contribution in [0.5, 0.6) is 0 Å². The van der Waals surface area contributed by atoms with Crippen LogP contribution in [-0.4, -0.2) is 8.42 Å². The van der Waals surface area contributed by atoms with E-state index in [2.05, 4.69) is 4.18 Å². The molecule has 0 bridgehead atoms. The molecule has 0 saturated heterocycles. The maximum absolute atomic E-state index is 11.8. The smallest absolute Gasteiger partial charge is 0.359 e. The molecule has 0 saturated carbocycles. The Kier molecular flexibility index (Phi) is 2.28. The van der Waals surface area contributed by atoms with Crippen molar-refractivity contribution in [2.75, 3.05) is 0 Å². The second kappa shape index (κ2) is 3.04. The first-order valence-electron chi connectivity index (χ1n) is 3.09. The topological polar surface area (TPSA) is 43.4 Å². The van der Waals surface area contributed by atoms with Crippen LogP contribution in [0.1, 0.15) is 12.8 Å². The van der Waals surface area contributed by atoms with Gasteiger partial charge in [-0.1, -0.05) is 9.96 Å². The first kappa shape index (κ1) is 8.26. The average Bonchev–Trinajstić information content (AvgIpc) is 1.85. The van der Waals surface area contributed by atoms with E-state index in [1.54, 1.807) is 6.08 Å². The molecule has 1 aliphatic carbocycles. The molecule has 0 aromatic heterocycles. The average molecular weight is 178 g/mol. The first-order valence-corrected chi connectivity index (χ1v) is 4.39. The number of hydrogen-bond donors (Lipinski definition) is 0. The summed E-state index contributed by atoms with van der Waals surface area (Å²) in [6.07, 6.45) is 6.19. The van der Waals surface area contributed by atoms with Crippen LogP contribution in [0.3, 0.4) is 0 Å². The Balaban J connectivity index is 2.64. The van der Waals surface area contributed by atoms with Gasteiger partial charge in [-0.25, -0.2) is 0 Å². The molecule has 0 spiro atoms. The van der Waals surface area contributed by atoms with E-state index in [1.165, 1.54) is 12.2 Å². The van der Waals surface area contributed by atoms with E-state index in [-0.39, 0.29) is 5.76 Å². The predicted octanol–water partition coefficient (Wildman–Crippen LogP) is 1.45. The molecule has 0 amide bonds. The molecule has 3 nitrogen and oxygen atoms in total. The van der Waals surface area contributed by atoms with Crippen molar-refractivity contribution >= 4 is 10.5 Å². The molecule has 0 aromatic carbocycles. The Morgan fingerprint density at radius 1 is 1.45 bits per heavy atom. The van der Waals surface area contributed by atoms with Crippen molar-refractivity contribution in [2.24, 2.45) is 0 Å². The van der Waals surface area contributed by atoms with Crippen LogP contribution in [0.4, 0.5) is 3.89 Å². The highest BCUT2D eigenvalue weighted by molar-refractivity contribution is 7.81. The van der Waals surface area contributed by atoms with Crippen LogP contribution in [0.2, 0.25) is 0 Å². The molecule has 0 unspecified atom stereocenters. The number of allylic oxidation sites excluding steroid dienone is 3. The van der Waals surface area contributed by atoms with Gasteiger partial charge in [0.1, 0.15) is 5.76 Å². The largest absolute Gasteiger partial charge is 0.488 e. The third-order valence-corrected chi connectivity index (χ3v) is 1.55. The summed E-state index contributed by atoms with van der Waals surface area (Å²) in [4.78, 5) is 0. The van der Waals surface area contributed by atoms with Gasteiger partial charge in [-0.2, -0.15) is 8.42 Å². The zero-order chi connectivity index (χ0) is 8.32. The van der Waals surface area contributed by atoms with Gasteiger partial charge in [0, 0.05) is 0 Å². The summed E-state index contributed by atoms with van der Waals surface area (Å²) in [5.41, 5.74) is 0. The number of hydrogen-bond acceptors (Lipinski definition) is 3. The standard InChI is InChI=1S/C6H7FO3S/c7-11(8,9)10-6-4-2-1-3-5-6/h2,4-5H,1,3H2. The molecule has 1 rings (SSSR count). The van der Waals surface area contributed by atoms with Crippen molar-refractivity contribution in [2.45, 2.75) is 12.8 Å². The zero-order valence-electron chi connectivity index (χ0n) is 5.66. The molecule has 1 aliphatic rings. The highest BCUT2D eigenvalue weighted by Crippen LogP contribution is 2.13. The normalized spacial score (nSPS) is 17.7. The van der Waals surface area contributed by atoms with E-state index in [4.69, 9.17) is 0 Å². The fourth-order valence-corrected chi connectivity index (χ4v) is 1.12. The molecule has 0 N–H and O–H groups in total. The lowest BCUT2D eigenvalue weighted by atomic mass is 10.2. The monoisotopic (exact) mass is 178 g/mol. The SMILES string of the molecule is O=S(=O)(F)OC1=CCCC=C1. The predicted molar refractivity (Wildman–Crippen MR) is 37.6 cm³/mol. The lowest BCUT2D eigenvalue weighted by Gasteiger charge is -2.03. The number of rotatable bonds is 2. The molecular weight excluding hydrogens is 171 g/mol. The number of halogens is 1. The van der Waals surface area contributed by atoms with Crippen LogP contribution in [0.15, 0.2) is 24.0 Å². The van der Waals surface area contributed by atoms with Gasteiger partial charge in [-0.15, -0.1) is 0 Å². The van der Waals surface area contributed by atoms with Gasteiger partial charge in [-0.3, -0.25) is 0 Å². The van der Waals surface area contributed by atoms with Crippen molar-refractivity contribution in [3.05, 3.63) is 24.0 Å². The summed E-state index contributed by atoms with van der Waals surface area (Å²) >= 11 is 0. The van der Waals surface area contributed by atoms with E-state index in [9.17, 15) is 12.3 Å². The van der Waals surface area contributed by atoms with Crippen molar-refractivity contribution < 1.29 is 16.5 Å². The minimum Gasteiger partial charge on any atom is -0.359 e. The quantitative estimate of drug-likeness (QED) is 0.601. The highest BCUT2D eigenvalue weighted by atomic mass is 32.3. The molecule has 5 heteroatoms. The lowest BCUT2D eigenvalue weighted by Crippen LogP contribution is -1.98. The Morgan fingerprint density at radius 3 is 2.64 bits per heavy atom. The minimum absolute atomic E-state index is 0.0544. The third-order valence-electron chi connectivity index (χ3n) is 1.16. The second-order valence-corrected chi connectivity index (χ2v) is 3.02.